The van der Waals surface area contributed by atoms with Crippen LogP contribution < -0.4 is 5.32 Å². The van der Waals surface area contributed by atoms with E-state index in [9.17, 15) is 4.79 Å². The summed E-state index contributed by atoms with van der Waals surface area (Å²) in [7, 11) is 0. The van der Waals surface area contributed by atoms with Crippen molar-refractivity contribution in [3.63, 3.8) is 0 Å². The molecule has 0 radical (unpaired) electrons. The molecule has 0 bridgehead atoms. The zero-order valence-electron chi connectivity index (χ0n) is 15.4. The molecule has 28 heavy (non-hydrogen) atoms. The van der Waals surface area contributed by atoms with E-state index in [-0.39, 0.29) is 11.7 Å². The SMILES string of the molecule is Cc1ccc(-c2nnc(SCC(=O)Nc3nnc(C)s3)c3nc(C)sc23)cc1. The van der Waals surface area contributed by atoms with Gasteiger partial charge in [0.05, 0.1) is 15.5 Å². The second kappa shape index (κ2) is 7.90. The number of thiazole rings is 1. The number of benzene rings is 1. The summed E-state index contributed by atoms with van der Waals surface area (Å²) in [5.74, 6) is 0.0359. The topological polar surface area (TPSA) is 93.6 Å². The molecular weight excluding hydrogens is 412 g/mol. The van der Waals surface area contributed by atoms with Crippen LogP contribution in [0.4, 0.5) is 5.13 Å². The number of aryl methyl sites for hydroxylation is 3. The number of hydrogen-bond acceptors (Lipinski definition) is 9. The monoisotopic (exact) mass is 428 g/mol. The summed E-state index contributed by atoms with van der Waals surface area (Å²) in [6, 6.07) is 8.19. The Balaban J connectivity index is 1.57. The Morgan fingerprint density at radius 2 is 1.79 bits per heavy atom. The average Bonchev–Trinajstić information content (AvgIpc) is 3.25. The van der Waals surface area contributed by atoms with E-state index in [0.717, 1.165) is 31.5 Å². The van der Waals surface area contributed by atoms with Crippen molar-refractivity contribution < 1.29 is 4.79 Å². The van der Waals surface area contributed by atoms with Crippen molar-refractivity contribution in [2.75, 3.05) is 11.1 Å². The standard InChI is InChI=1S/C18H16N6OS3/c1-9-4-6-12(7-5-9)14-16-15(19-10(2)27-16)17(23-22-14)26-8-13(25)20-18-24-21-11(3)28-18/h4-7H,8H2,1-3H3,(H,20,24,25). The Hall–Kier alpha value is -2.43. The van der Waals surface area contributed by atoms with Crippen molar-refractivity contribution in [3.05, 3.63) is 39.8 Å². The number of carbonyl (C=O) groups is 1. The van der Waals surface area contributed by atoms with Gasteiger partial charge in [-0.2, -0.15) is 0 Å². The minimum atomic E-state index is -0.161. The van der Waals surface area contributed by atoms with Crippen LogP contribution >= 0.6 is 34.4 Å². The lowest BCUT2D eigenvalue weighted by Crippen LogP contribution is -2.14. The third kappa shape index (κ3) is 4.03. The van der Waals surface area contributed by atoms with E-state index in [4.69, 9.17) is 0 Å². The summed E-state index contributed by atoms with van der Waals surface area (Å²) in [4.78, 5) is 16.8. The summed E-state index contributed by atoms with van der Waals surface area (Å²) >= 11 is 4.25. The summed E-state index contributed by atoms with van der Waals surface area (Å²) in [5.41, 5.74) is 3.81. The predicted molar refractivity (Wildman–Crippen MR) is 114 cm³/mol. The number of nitrogens with zero attached hydrogens (tertiary/aromatic N) is 5. The molecule has 0 aliphatic rings. The van der Waals surface area contributed by atoms with Gasteiger partial charge in [-0.1, -0.05) is 52.9 Å². The molecule has 0 saturated carbocycles. The Kier molecular flexibility index (Phi) is 5.33. The highest BCUT2D eigenvalue weighted by Gasteiger charge is 2.17. The van der Waals surface area contributed by atoms with Crippen molar-refractivity contribution in [2.45, 2.75) is 25.8 Å². The highest BCUT2D eigenvalue weighted by Crippen LogP contribution is 2.35. The lowest BCUT2D eigenvalue weighted by atomic mass is 10.1. The fourth-order valence-corrected chi connectivity index (χ4v) is 4.88. The second-order valence-electron chi connectivity index (χ2n) is 6.09. The molecule has 0 unspecified atom stereocenters. The minimum Gasteiger partial charge on any atom is -0.300 e. The summed E-state index contributed by atoms with van der Waals surface area (Å²) in [5, 5.41) is 22.2. The fourth-order valence-electron chi connectivity index (χ4n) is 2.55. The first kappa shape index (κ1) is 18.9. The van der Waals surface area contributed by atoms with E-state index in [1.165, 1.54) is 28.7 Å². The van der Waals surface area contributed by atoms with Gasteiger partial charge in [0.25, 0.3) is 0 Å². The molecule has 10 heteroatoms. The molecule has 4 aromatic rings. The number of carbonyl (C=O) groups excluding carboxylic acids is 1. The molecule has 0 saturated heterocycles. The number of amides is 1. The molecule has 4 rings (SSSR count). The van der Waals surface area contributed by atoms with Gasteiger partial charge in [0, 0.05) is 5.56 Å². The Labute approximate surface area is 173 Å². The van der Waals surface area contributed by atoms with Gasteiger partial charge in [0.2, 0.25) is 11.0 Å². The van der Waals surface area contributed by atoms with Crippen LogP contribution in [-0.2, 0) is 4.79 Å². The molecule has 0 atom stereocenters. The smallest absolute Gasteiger partial charge is 0.236 e. The van der Waals surface area contributed by atoms with E-state index < -0.39 is 0 Å². The highest BCUT2D eigenvalue weighted by molar-refractivity contribution is 8.00. The van der Waals surface area contributed by atoms with Crippen molar-refractivity contribution in [3.8, 4) is 11.3 Å². The molecule has 0 aliphatic carbocycles. The average molecular weight is 429 g/mol. The number of fused-ring (bicyclic) bond motifs is 1. The number of aromatic nitrogens is 5. The van der Waals surface area contributed by atoms with Gasteiger partial charge in [-0.3, -0.25) is 10.1 Å². The zero-order chi connectivity index (χ0) is 19.7. The molecule has 3 aromatic heterocycles. The van der Waals surface area contributed by atoms with Crippen molar-refractivity contribution in [1.29, 1.82) is 0 Å². The van der Waals surface area contributed by atoms with Gasteiger partial charge in [0.1, 0.15) is 21.2 Å². The van der Waals surface area contributed by atoms with Gasteiger partial charge < -0.3 is 0 Å². The predicted octanol–water partition coefficient (Wildman–Crippen LogP) is 4.26. The molecule has 0 aliphatic heterocycles. The molecule has 7 nitrogen and oxygen atoms in total. The minimum absolute atomic E-state index is 0.161. The summed E-state index contributed by atoms with van der Waals surface area (Å²) < 4.78 is 0.985. The third-order valence-corrected chi connectivity index (χ3v) is 6.52. The number of hydrogen-bond donors (Lipinski definition) is 1. The van der Waals surface area contributed by atoms with Crippen LogP contribution in [0, 0.1) is 20.8 Å². The second-order valence-corrected chi connectivity index (χ2v) is 9.44. The molecular formula is C18H16N6OS3. The number of nitrogens with one attached hydrogen (secondary N) is 1. The van der Waals surface area contributed by atoms with Gasteiger partial charge >= 0.3 is 0 Å². The van der Waals surface area contributed by atoms with E-state index in [1.54, 1.807) is 11.3 Å². The van der Waals surface area contributed by atoms with Crippen LogP contribution in [0.15, 0.2) is 29.3 Å². The lowest BCUT2D eigenvalue weighted by molar-refractivity contribution is -0.113. The van der Waals surface area contributed by atoms with Gasteiger partial charge in [-0.15, -0.1) is 31.7 Å². The van der Waals surface area contributed by atoms with E-state index >= 15 is 0 Å². The van der Waals surface area contributed by atoms with Crippen LogP contribution in [0.3, 0.4) is 0 Å². The molecule has 3 heterocycles. The fraction of sp³-hybridized carbons (Fsp3) is 0.222. The van der Waals surface area contributed by atoms with Crippen molar-refractivity contribution in [2.24, 2.45) is 0 Å². The van der Waals surface area contributed by atoms with Crippen LogP contribution in [-0.4, -0.2) is 37.0 Å². The molecule has 1 amide bonds. The van der Waals surface area contributed by atoms with Crippen molar-refractivity contribution in [1.82, 2.24) is 25.4 Å². The number of rotatable bonds is 5. The van der Waals surface area contributed by atoms with Crippen LogP contribution in [0.2, 0.25) is 0 Å². The summed E-state index contributed by atoms with van der Waals surface area (Å²) in [6.45, 7) is 5.85. The highest BCUT2D eigenvalue weighted by atomic mass is 32.2. The molecule has 1 N–H and O–H groups in total. The normalized spacial score (nSPS) is 11.1. The maximum absolute atomic E-state index is 12.2. The number of anilines is 1. The Morgan fingerprint density at radius 1 is 1.00 bits per heavy atom. The first-order chi connectivity index (χ1) is 13.5. The first-order valence-electron chi connectivity index (χ1n) is 8.43. The van der Waals surface area contributed by atoms with Gasteiger partial charge in [0.15, 0.2) is 0 Å². The quantitative estimate of drug-likeness (QED) is 0.475. The van der Waals surface area contributed by atoms with E-state index in [2.05, 4.69) is 49.8 Å². The van der Waals surface area contributed by atoms with Crippen LogP contribution in [0.5, 0.6) is 0 Å². The van der Waals surface area contributed by atoms with E-state index in [1.807, 2.05) is 26.0 Å². The van der Waals surface area contributed by atoms with Crippen LogP contribution in [0.1, 0.15) is 15.6 Å². The van der Waals surface area contributed by atoms with Gasteiger partial charge in [-0.05, 0) is 20.8 Å². The van der Waals surface area contributed by atoms with Crippen LogP contribution in [0.25, 0.3) is 21.5 Å². The zero-order valence-corrected chi connectivity index (χ0v) is 17.8. The molecule has 142 valence electrons. The maximum atomic E-state index is 12.2. The molecule has 0 spiro atoms. The Bertz CT molecular complexity index is 1150. The third-order valence-electron chi connectivity index (χ3n) is 3.83. The lowest BCUT2D eigenvalue weighted by Gasteiger charge is -2.05. The van der Waals surface area contributed by atoms with Crippen molar-refractivity contribution >= 4 is 55.7 Å². The number of thioether (sulfide) groups is 1. The van der Waals surface area contributed by atoms with E-state index in [0.29, 0.717) is 10.2 Å². The summed E-state index contributed by atoms with van der Waals surface area (Å²) in [6.07, 6.45) is 0. The first-order valence-corrected chi connectivity index (χ1v) is 11.0. The molecule has 0 fully saturated rings. The largest absolute Gasteiger partial charge is 0.300 e. The van der Waals surface area contributed by atoms with Gasteiger partial charge in [-0.25, -0.2) is 4.98 Å². The maximum Gasteiger partial charge on any atom is 0.236 e. The molecule has 1 aromatic carbocycles. The Morgan fingerprint density at radius 3 is 2.50 bits per heavy atom.